The third-order valence-corrected chi connectivity index (χ3v) is 4.04. The summed E-state index contributed by atoms with van der Waals surface area (Å²) < 4.78 is 0. The Labute approximate surface area is 99.2 Å². The first kappa shape index (κ1) is 12.3. The van der Waals surface area contributed by atoms with Crippen molar-refractivity contribution in [2.45, 2.75) is 31.4 Å². The molecule has 6 nitrogen and oxygen atoms in total. The molecule has 2 fully saturated rings. The molecule has 2 rings (SSSR count). The lowest BCUT2D eigenvalue weighted by molar-refractivity contribution is -0.146. The Kier molecular flexibility index (Phi) is 3.35. The lowest BCUT2D eigenvalue weighted by Gasteiger charge is -2.27. The zero-order chi connectivity index (χ0) is 12.6. The van der Waals surface area contributed by atoms with Crippen LogP contribution in [0.3, 0.4) is 0 Å². The minimum atomic E-state index is -1.55. The average Bonchev–Trinajstić information content (AvgIpc) is 2.85. The number of aliphatic hydroxyl groups is 1. The highest BCUT2D eigenvalue weighted by molar-refractivity contribution is 5.81. The van der Waals surface area contributed by atoms with Crippen molar-refractivity contribution in [3.05, 3.63) is 0 Å². The van der Waals surface area contributed by atoms with Gasteiger partial charge in [0.25, 0.3) is 0 Å². The van der Waals surface area contributed by atoms with E-state index in [2.05, 4.69) is 5.32 Å². The molecule has 6 heteroatoms. The number of aliphatic hydroxyl groups excluding tert-OH is 1. The quantitative estimate of drug-likeness (QED) is 0.501. The van der Waals surface area contributed by atoms with Crippen LogP contribution < -0.4 is 11.1 Å². The Morgan fingerprint density at radius 1 is 1.35 bits per heavy atom. The number of carboxylic acids is 1. The maximum atomic E-state index is 11.9. The second kappa shape index (κ2) is 4.62. The molecule has 17 heavy (non-hydrogen) atoms. The predicted octanol–water partition coefficient (Wildman–Crippen LogP) is -1.08. The molecular formula is C11H18N2O4. The first-order valence-electron chi connectivity index (χ1n) is 5.95. The van der Waals surface area contributed by atoms with Crippen LogP contribution in [0.5, 0.6) is 0 Å². The standard InChI is InChI=1S/C11H18N2O4/c12-9-6-2-1-5(3-6)8(9)10(15)13-4-7(14)11(16)17/h5-9,14H,1-4,12H2,(H,13,15)(H,16,17)/t5?,6?,7-,8?,9?/m0/s1. The minimum absolute atomic E-state index is 0.115. The Balaban J connectivity index is 1.86. The third kappa shape index (κ3) is 2.28. The summed E-state index contributed by atoms with van der Waals surface area (Å²) in [5.41, 5.74) is 5.99. The predicted molar refractivity (Wildman–Crippen MR) is 58.9 cm³/mol. The van der Waals surface area contributed by atoms with Crippen molar-refractivity contribution in [1.82, 2.24) is 5.32 Å². The summed E-state index contributed by atoms with van der Waals surface area (Å²) in [6.45, 7) is -0.255. The van der Waals surface area contributed by atoms with Crippen LogP contribution in [0.15, 0.2) is 0 Å². The molecule has 2 aliphatic carbocycles. The monoisotopic (exact) mass is 242 g/mol. The Hall–Kier alpha value is -1.14. The van der Waals surface area contributed by atoms with Gasteiger partial charge in [-0.2, -0.15) is 0 Å². The van der Waals surface area contributed by atoms with E-state index >= 15 is 0 Å². The van der Waals surface area contributed by atoms with Crippen LogP contribution >= 0.6 is 0 Å². The number of hydrogen-bond acceptors (Lipinski definition) is 4. The van der Waals surface area contributed by atoms with Crippen LogP contribution in [0.4, 0.5) is 0 Å². The fourth-order valence-corrected chi connectivity index (χ4v) is 3.13. The van der Waals surface area contributed by atoms with Gasteiger partial charge in [-0.25, -0.2) is 4.79 Å². The molecular weight excluding hydrogens is 224 g/mol. The SMILES string of the molecule is NC1C2CCC(C2)C1C(=O)NC[C@H](O)C(=O)O. The van der Waals surface area contributed by atoms with Crippen molar-refractivity contribution in [1.29, 1.82) is 0 Å². The van der Waals surface area contributed by atoms with Gasteiger partial charge in [0, 0.05) is 6.04 Å². The van der Waals surface area contributed by atoms with Gasteiger partial charge in [0.1, 0.15) is 0 Å². The summed E-state index contributed by atoms with van der Waals surface area (Å²) in [5, 5.41) is 20.0. The average molecular weight is 242 g/mol. The van der Waals surface area contributed by atoms with E-state index in [4.69, 9.17) is 15.9 Å². The van der Waals surface area contributed by atoms with E-state index in [1.807, 2.05) is 0 Å². The number of carboxylic acid groups (broad SMARTS) is 1. The number of amides is 1. The second-order valence-electron chi connectivity index (χ2n) is 5.04. The molecule has 0 spiro atoms. The number of rotatable bonds is 4. The first-order valence-corrected chi connectivity index (χ1v) is 5.95. The zero-order valence-corrected chi connectivity index (χ0v) is 9.50. The van der Waals surface area contributed by atoms with E-state index in [-0.39, 0.29) is 24.4 Å². The normalized spacial score (nSPS) is 36.8. The summed E-state index contributed by atoms with van der Waals surface area (Å²) in [5.74, 6) is -1.00. The fraction of sp³-hybridized carbons (Fsp3) is 0.818. The van der Waals surface area contributed by atoms with Gasteiger partial charge in [0.15, 0.2) is 6.10 Å². The zero-order valence-electron chi connectivity index (χ0n) is 9.50. The lowest BCUT2D eigenvalue weighted by atomic mass is 9.84. The number of nitrogens with two attached hydrogens (primary N) is 1. The maximum absolute atomic E-state index is 11.9. The first-order chi connectivity index (χ1) is 8.00. The maximum Gasteiger partial charge on any atom is 0.334 e. The molecule has 2 saturated carbocycles. The summed E-state index contributed by atoms with van der Waals surface area (Å²) in [4.78, 5) is 22.3. The smallest absolute Gasteiger partial charge is 0.334 e. The van der Waals surface area contributed by atoms with Gasteiger partial charge in [-0.15, -0.1) is 0 Å². The summed E-state index contributed by atoms with van der Waals surface area (Å²) in [6.07, 6.45) is 1.57. The minimum Gasteiger partial charge on any atom is -0.479 e. The van der Waals surface area contributed by atoms with Crippen LogP contribution in [0.1, 0.15) is 19.3 Å². The highest BCUT2D eigenvalue weighted by atomic mass is 16.4. The van der Waals surface area contributed by atoms with Gasteiger partial charge in [0.2, 0.25) is 5.91 Å². The Morgan fingerprint density at radius 3 is 2.53 bits per heavy atom. The van der Waals surface area contributed by atoms with Crippen LogP contribution in [-0.2, 0) is 9.59 Å². The molecule has 0 aromatic rings. The molecule has 1 amide bonds. The molecule has 0 aliphatic heterocycles. The van der Waals surface area contributed by atoms with Crippen molar-refractivity contribution in [2.75, 3.05) is 6.54 Å². The number of aliphatic carboxylic acids is 1. The summed E-state index contributed by atoms with van der Waals surface area (Å²) >= 11 is 0. The van der Waals surface area contributed by atoms with Crippen molar-refractivity contribution in [2.24, 2.45) is 23.5 Å². The van der Waals surface area contributed by atoms with Gasteiger partial charge in [0.05, 0.1) is 12.5 Å². The number of carbonyl (C=O) groups excluding carboxylic acids is 1. The van der Waals surface area contributed by atoms with E-state index in [0.29, 0.717) is 11.8 Å². The second-order valence-corrected chi connectivity index (χ2v) is 5.04. The molecule has 5 atom stereocenters. The van der Waals surface area contributed by atoms with Crippen molar-refractivity contribution >= 4 is 11.9 Å². The summed E-state index contributed by atoms with van der Waals surface area (Å²) in [7, 11) is 0. The number of hydrogen-bond donors (Lipinski definition) is 4. The van der Waals surface area contributed by atoms with Gasteiger partial charge >= 0.3 is 5.97 Å². The van der Waals surface area contributed by atoms with Gasteiger partial charge in [-0.05, 0) is 31.1 Å². The van der Waals surface area contributed by atoms with Crippen molar-refractivity contribution < 1.29 is 19.8 Å². The van der Waals surface area contributed by atoms with Crippen LogP contribution in [0.25, 0.3) is 0 Å². The molecule has 0 aromatic carbocycles. The van der Waals surface area contributed by atoms with E-state index in [1.165, 1.54) is 0 Å². The van der Waals surface area contributed by atoms with Crippen LogP contribution in [0.2, 0.25) is 0 Å². The highest BCUT2D eigenvalue weighted by Crippen LogP contribution is 2.47. The lowest BCUT2D eigenvalue weighted by Crippen LogP contribution is -2.47. The molecule has 0 heterocycles. The Morgan fingerprint density at radius 2 is 2.00 bits per heavy atom. The number of fused-ring (bicyclic) bond motifs is 2. The van der Waals surface area contributed by atoms with Gasteiger partial charge in [-0.3, -0.25) is 4.79 Å². The topological polar surface area (TPSA) is 113 Å². The molecule has 4 unspecified atom stereocenters. The van der Waals surface area contributed by atoms with Crippen LogP contribution in [-0.4, -0.2) is 40.8 Å². The van der Waals surface area contributed by atoms with E-state index in [9.17, 15) is 9.59 Å². The summed E-state index contributed by atoms with van der Waals surface area (Å²) in [6, 6.07) is -0.115. The van der Waals surface area contributed by atoms with E-state index < -0.39 is 12.1 Å². The van der Waals surface area contributed by atoms with Crippen molar-refractivity contribution in [3.8, 4) is 0 Å². The largest absolute Gasteiger partial charge is 0.479 e. The molecule has 0 saturated heterocycles. The highest BCUT2D eigenvalue weighted by Gasteiger charge is 2.49. The number of nitrogens with one attached hydrogen (secondary N) is 1. The molecule has 0 radical (unpaired) electrons. The van der Waals surface area contributed by atoms with Gasteiger partial charge < -0.3 is 21.3 Å². The molecule has 2 bridgehead atoms. The van der Waals surface area contributed by atoms with Gasteiger partial charge in [-0.1, -0.05) is 0 Å². The third-order valence-electron chi connectivity index (χ3n) is 4.04. The van der Waals surface area contributed by atoms with E-state index in [0.717, 1.165) is 19.3 Å². The molecule has 5 N–H and O–H groups in total. The fourth-order valence-electron chi connectivity index (χ4n) is 3.13. The van der Waals surface area contributed by atoms with Crippen molar-refractivity contribution in [3.63, 3.8) is 0 Å². The van der Waals surface area contributed by atoms with Crippen LogP contribution in [0, 0.1) is 17.8 Å². The molecule has 96 valence electrons. The Bertz CT molecular complexity index is 331. The molecule has 2 aliphatic rings. The van der Waals surface area contributed by atoms with E-state index in [1.54, 1.807) is 0 Å². The molecule has 0 aromatic heterocycles. The number of carbonyl (C=O) groups is 2.